The van der Waals surface area contributed by atoms with E-state index in [9.17, 15) is 5.11 Å². The van der Waals surface area contributed by atoms with Crippen molar-refractivity contribution in [1.29, 1.82) is 0 Å². The maximum absolute atomic E-state index is 9.44. The first-order valence-corrected chi connectivity index (χ1v) is 6.24. The lowest BCUT2D eigenvalue weighted by Crippen LogP contribution is -2.41. The van der Waals surface area contributed by atoms with Gasteiger partial charge < -0.3 is 20.8 Å². The second-order valence-corrected chi connectivity index (χ2v) is 4.18. The summed E-state index contributed by atoms with van der Waals surface area (Å²) in [6, 6.07) is 0. The average Bonchev–Trinajstić information content (AvgIpc) is 2.32. The molecule has 1 atom stereocenters. The molecule has 1 aliphatic heterocycles. The Morgan fingerprint density at radius 2 is 2.06 bits per heavy atom. The van der Waals surface area contributed by atoms with Crippen LogP contribution in [0, 0.1) is 0 Å². The Morgan fingerprint density at radius 1 is 1.24 bits per heavy atom. The molecule has 1 rings (SSSR count). The van der Waals surface area contributed by atoms with Gasteiger partial charge in [-0.25, -0.2) is 0 Å². The van der Waals surface area contributed by atoms with Gasteiger partial charge in [0.2, 0.25) is 0 Å². The van der Waals surface area contributed by atoms with E-state index in [1.165, 1.54) is 0 Å². The molecule has 0 spiro atoms. The molecule has 0 aromatic carbocycles. The van der Waals surface area contributed by atoms with Gasteiger partial charge in [-0.15, -0.1) is 0 Å². The maximum atomic E-state index is 9.44. The molecule has 100 valence electrons. The van der Waals surface area contributed by atoms with Crippen molar-refractivity contribution in [3.63, 3.8) is 0 Å². The van der Waals surface area contributed by atoms with Crippen LogP contribution in [-0.4, -0.2) is 86.4 Å². The molecule has 0 fully saturated rings. The van der Waals surface area contributed by atoms with Gasteiger partial charge in [0.05, 0.1) is 19.3 Å². The zero-order valence-electron chi connectivity index (χ0n) is 10.3. The van der Waals surface area contributed by atoms with Crippen LogP contribution in [0.1, 0.15) is 0 Å². The third-order valence-electron chi connectivity index (χ3n) is 2.67. The van der Waals surface area contributed by atoms with Crippen LogP contribution in [0.25, 0.3) is 0 Å². The molecule has 0 aliphatic carbocycles. The predicted molar refractivity (Wildman–Crippen MR) is 68.6 cm³/mol. The van der Waals surface area contributed by atoms with Crippen LogP contribution in [0.5, 0.6) is 0 Å². The third-order valence-corrected chi connectivity index (χ3v) is 2.67. The van der Waals surface area contributed by atoms with Crippen LogP contribution in [0.2, 0.25) is 0 Å². The Labute approximate surface area is 103 Å². The molecule has 0 saturated heterocycles. The van der Waals surface area contributed by atoms with Crippen molar-refractivity contribution in [3.8, 4) is 0 Å². The minimum absolute atomic E-state index is 0.183. The normalized spacial score (nSPS) is 22.7. The number of nitrogens with zero attached hydrogens (tertiary/aromatic N) is 2. The van der Waals surface area contributed by atoms with Gasteiger partial charge in [-0.05, 0) is 0 Å². The summed E-state index contributed by atoms with van der Waals surface area (Å²) in [5.41, 5.74) is 0. The van der Waals surface area contributed by atoms with Crippen molar-refractivity contribution >= 4 is 6.21 Å². The molecule has 4 N–H and O–H groups in total. The van der Waals surface area contributed by atoms with E-state index < -0.39 is 6.10 Å². The molecule has 0 aromatic heterocycles. The molecule has 6 nitrogen and oxygen atoms in total. The van der Waals surface area contributed by atoms with E-state index in [4.69, 9.17) is 5.11 Å². The van der Waals surface area contributed by atoms with Crippen molar-refractivity contribution in [3.05, 3.63) is 0 Å². The van der Waals surface area contributed by atoms with Crippen LogP contribution >= 0.6 is 0 Å². The molecule has 0 bridgehead atoms. The lowest BCUT2D eigenvalue weighted by molar-refractivity contribution is 0.0603. The summed E-state index contributed by atoms with van der Waals surface area (Å²) in [6.07, 6.45) is 1.23. The molecule has 0 saturated carbocycles. The van der Waals surface area contributed by atoms with Gasteiger partial charge in [-0.1, -0.05) is 0 Å². The SMILES string of the molecule is OCC(O)CN1CCN=CCNCCNCC1. The van der Waals surface area contributed by atoms with Gasteiger partial charge in [-0.3, -0.25) is 9.89 Å². The first kappa shape index (κ1) is 14.5. The van der Waals surface area contributed by atoms with Gasteiger partial charge in [0.1, 0.15) is 0 Å². The fourth-order valence-corrected chi connectivity index (χ4v) is 1.71. The molecule has 1 heterocycles. The van der Waals surface area contributed by atoms with E-state index in [0.29, 0.717) is 6.54 Å². The summed E-state index contributed by atoms with van der Waals surface area (Å²) < 4.78 is 0. The second-order valence-electron chi connectivity index (χ2n) is 4.18. The quantitative estimate of drug-likeness (QED) is 0.458. The van der Waals surface area contributed by atoms with Crippen LogP contribution < -0.4 is 10.6 Å². The third kappa shape index (κ3) is 7.40. The summed E-state index contributed by atoms with van der Waals surface area (Å²) in [5, 5.41) is 24.9. The van der Waals surface area contributed by atoms with Gasteiger partial charge in [0, 0.05) is 52.0 Å². The Bertz CT molecular complexity index is 214. The minimum Gasteiger partial charge on any atom is -0.394 e. The fourth-order valence-electron chi connectivity index (χ4n) is 1.71. The summed E-state index contributed by atoms with van der Waals surface area (Å²) in [4.78, 5) is 6.42. The van der Waals surface area contributed by atoms with E-state index >= 15 is 0 Å². The summed E-state index contributed by atoms with van der Waals surface area (Å²) in [7, 11) is 0. The first-order chi connectivity index (χ1) is 8.33. The lowest BCUT2D eigenvalue weighted by atomic mass is 10.3. The van der Waals surface area contributed by atoms with Crippen LogP contribution in [0.4, 0.5) is 0 Å². The zero-order chi connectivity index (χ0) is 12.3. The van der Waals surface area contributed by atoms with Crippen molar-refractivity contribution in [1.82, 2.24) is 15.5 Å². The molecule has 6 heteroatoms. The zero-order valence-corrected chi connectivity index (χ0v) is 10.3. The van der Waals surface area contributed by atoms with Crippen molar-refractivity contribution in [2.24, 2.45) is 4.99 Å². The largest absolute Gasteiger partial charge is 0.394 e. The van der Waals surface area contributed by atoms with Crippen molar-refractivity contribution in [2.45, 2.75) is 6.10 Å². The fraction of sp³-hybridized carbons (Fsp3) is 0.909. The number of hydrogen-bond donors (Lipinski definition) is 4. The lowest BCUT2D eigenvalue weighted by Gasteiger charge is -2.24. The van der Waals surface area contributed by atoms with Crippen molar-refractivity contribution in [2.75, 3.05) is 59.0 Å². The van der Waals surface area contributed by atoms with Crippen LogP contribution in [0.3, 0.4) is 0 Å². The number of β-amino-alcohol motifs (C(OH)–C–C–N with tert-alkyl or cyclic N) is 1. The Kier molecular flexibility index (Phi) is 8.12. The molecular weight excluding hydrogens is 220 g/mol. The standard InChI is InChI=1S/C11H24N4O2/c16-10-11(17)9-15-7-5-13-3-1-12-2-4-14-6-8-15/h3,11-12,14,16-17H,1-2,4-10H2. The highest BCUT2D eigenvalue weighted by Gasteiger charge is 2.10. The Hall–Kier alpha value is -0.530. The van der Waals surface area contributed by atoms with E-state index in [1.807, 2.05) is 6.21 Å². The van der Waals surface area contributed by atoms with E-state index in [-0.39, 0.29) is 6.61 Å². The van der Waals surface area contributed by atoms with Gasteiger partial charge in [0.15, 0.2) is 0 Å². The molecular formula is C11H24N4O2. The number of hydrogen-bond acceptors (Lipinski definition) is 6. The van der Waals surface area contributed by atoms with E-state index in [0.717, 1.165) is 45.8 Å². The summed E-state index contributed by atoms with van der Waals surface area (Å²) >= 11 is 0. The number of aliphatic hydroxyl groups is 2. The molecule has 1 unspecified atom stereocenters. The molecule has 1 aliphatic rings. The average molecular weight is 244 g/mol. The van der Waals surface area contributed by atoms with E-state index in [2.05, 4.69) is 20.5 Å². The number of aliphatic hydroxyl groups excluding tert-OH is 2. The summed E-state index contributed by atoms with van der Waals surface area (Å²) in [5.74, 6) is 0. The van der Waals surface area contributed by atoms with E-state index in [1.54, 1.807) is 0 Å². The minimum atomic E-state index is -0.659. The number of nitrogens with one attached hydrogen (secondary N) is 2. The molecule has 0 amide bonds. The topological polar surface area (TPSA) is 80.1 Å². The van der Waals surface area contributed by atoms with Gasteiger partial charge in [0.25, 0.3) is 0 Å². The monoisotopic (exact) mass is 244 g/mol. The predicted octanol–water partition coefficient (Wildman–Crippen LogP) is -2.09. The maximum Gasteiger partial charge on any atom is 0.0897 e. The van der Waals surface area contributed by atoms with Gasteiger partial charge in [-0.2, -0.15) is 0 Å². The van der Waals surface area contributed by atoms with Crippen molar-refractivity contribution < 1.29 is 10.2 Å². The first-order valence-electron chi connectivity index (χ1n) is 6.24. The van der Waals surface area contributed by atoms with Crippen LogP contribution in [-0.2, 0) is 0 Å². The second kappa shape index (κ2) is 9.49. The number of rotatable bonds is 3. The molecule has 0 radical (unpaired) electrons. The summed E-state index contributed by atoms with van der Waals surface area (Å²) in [6.45, 7) is 6.31. The Morgan fingerprint density at radius 3 is 2.88 bits per heavy atom. The highest BCUT2D eigenvalue weighted by molar-refractivity contribution is 5.59. The van der Waals surface area contributed by atoms with Crippen LogP contribution in [0.15, 0.2) is 4.99 Å². The molecule has 0 aromatic rings. The van der Waals surface area contributed by atoms with Gasteiger partial charge >= 0.3 is 0 Å². The number of aliphatic imine (C=N–C) groups is 1. The smallest absolute Gasteiger partial charge is 0.0897 e. The molecule has 17 heavy (non-hydrogen) atoms. The Balaban J connectivity index is 2.34. The highest BCUT2D eigenvalue weighted by Crippen LogP contribution is 1.92. The highest BCUT2D eigenvalue weighted by atomic mass is 16.3.